The van der Waals surface area contributed by atoms with E-state index in [1.54, 1.807) is 12.3 Å². The molecule has 0 spiro atoms. The first kappa shape index (κ1) is 14.6. The minimum absolute atomic E-state index is 0.0673. The summed E-state index contributed by atoms with van der Waals surface area (Å²) in [6.45, 7) is 2.24. The maximum atomic E-state index is 12.1. The van der Waals surface area contributed by atoms with Gasteiger partial charge in [-0.15, -0.1) is 0 Å². The van der Waals surface area contributed by atoms with Crippen LogP contribution in [-0.4, -0.2) is 27.6 Å². The van der Waals surface area contributed by atoms with Crippen LogP contribution in [0.3, 0.4) is 0 Å². The minimum atomic E-state index is -1.01. The molecule has 1 aromatic heterocycles. The zero-order valence-corrected chi connectivity index (χ0v) is 11.8. The molecule has 20 heavy (non-hydrogen) atoms. The van der Waals surface area contributed by atoms with Crippen molar-refractivity contribution in [1.29, 1.82) is 0 Å². The summed E-state index contributed by atoms with van der Waals surface area (Å²) in [5.74, 6) is -0.627. The van der Waals surface area contributed by atoms with Crippen LogP contribution in [0.5, 0.6) is 0 Å². The van der Waals surface area contributed by atoms with E-state index in [4.69, 9.17) is 5.11 Å². The predicted molar refractivity (Wildman–Crippen MR) is 75.6 cm³/mol. The van der Waals surface area contributed by atoms with E-state index >= 15 is 0 Å². The number of aromatic nitrogens is 1. The molecule has 1 aliphatic rings. The van der Waals surface area contributed by atoms with Gasteiger partial charge in [-0.2, -0.15) is 0 Å². The lowest BCUT2D eigenvalue weighted by Gasteiger charge is -2.23. The first-order chi connectivity index (χ1) is 9.58. The SMILES string of the molecule is CC1CCCCCC1NC(=O)Cn1cccc1C(=O)O. The average Bonchev–Trinajstić information content (AvgIpc) is 2.75. The Labute approximate surface area is 119 Å². The summed E-state index contributed by atoms with van der Waals surface area (Å²) in [5.41, 5.74) is 0.147. The molecular weight excluding hydrogens is 256 g/mol. The van der Waals surface area contributed by atoms with Crippen molar-refractivity contribution in [1.82, 2.24) is 9.88 Å². The molecule has 0 aliphatic heterocycles. The van der Waals surface area contributed by atoms with Crippen LogP contribution in [0.4, 0.5) is 0 Å². The summed E-state index contributed by atoms with van der Waals surface area (Å²) in [6.07, 6.45) is 7.41. The van der Waals surface area contributed by atoms with Crippen LogP contribution in [0.2, 0.25) is 0 Å². The van der Waals surface area contributed by atoms with Crippen molar-refractivity contribution in [3.05, 3.63) is 24.0 Å². The molecular formula is C15H22N2O3. The zero-order chi connectivity index (χ0) is 14.5. The second-order valence-electron chi connectivity index (χ2n) is 5.62. The van der Waals surface area contributed by atoms with Crippen molar-refractivity contribution in [2.24, 2.45) is 5.92 Å². The molecule has 0 saturated heterocycles. The highest BCUT2D eigenvalue weighted by molar-refractivity contribution is 5.86. The van der Waals surface area contributed by atoms with E-state index in [-0.39, 0.29) is 24.2 Å². The van der Waals surface area contributed by atoms with Gasteiger partial charge in [-0.25, -0.2) is 4.79 Å². The van der Waals surface area contributed by atoms with Crippen molar-refractivity contribution in [2.75, 3.05) is 0 Å². The van der Waals surface area contributed by atoms with Gasteiger partial charge in [0.15, 0.2) is 0 Å². The first-order valence-electron chi connectivity index (χ1n) is 7.25. The van der Waals surface area contributed by atoms with Crippen LogP contribution in [0, 0.1) is 5.92 Å². The molecule has 2 rings (SSSR count). The molecule has 1 amide bonds. The number of nitrogens with zero attached hydrogens (tertiary/aromatic N) is 1. The Bertz CT molecular complexity index is 481. The fraction of sp³-hybridized carbons (Fsp3) is 0.600. The smallest absolute Gasteiger partial charge is 0.352 e. The van der Waals surface area contributed by atoms with Crippen molar-refractivity contribution in [3.8, 4) is 0 Å². The van der Waals surface area contributed by atoms with Gasteiger partial charge in [0.25, 0.3) is 0 Å². The molecule has 1 aromatic rings. The summed E-state index contributed by atoms with van der Waals surface area (Å²) in [5, 5.41) is 12.1. The van der Waals surface area contributed by atoms with E-state index in [0.29, 0.717) is 5.92 Å². The molecule has 1 fully saturated rings. The molecule has 0 aromatic carbocycles. The summed E-state index contributed by atoms with van der Waals surface area (Å²) < 4.78 is 1.47. The highest BCUT2D eigenvalue weighted by Gasteiger charge is 2.22. The van der Waals surface area contributed by atoms with Crippen molar-refractivity contribution in [3.63, 3.8) is 0 Å². The summed E-state index contributed by atoms with van der Waals surface area (Å²) in [6, 6.07) is 3.36. The molecule has 1 saturated carbocycles. The third-order valence-corrected chi connectivity index (χ3v) is 4.07. The van der Waals surface area contributed by atoms with Crippen LogP contribution in [0.15, 0.2) is 18.3 Å². The van der Waals surface area contributed by atoms with Gasteiger partial charge in [-0.1, -0.05) is 26.2 Å². The quantitative estimate of drug-likeness (QED) is 0.830. The van der Waals surface area contributed by atoms with E-state index in [0.717, 1.165) is 19.3 Å². The molecule has 1 heterocycles. The Morgan fingerprint density at radius 1 is 1.35 bits per heavy atom. The normalized spacial score (nSPS) is 23.1. The second kappa shape index (κ2) is 6.59. The Morgan fingerprint density at radius 2 is 2.10 bits per heavy atom. The van der Waals surface area contributed by atoms with Crippen LogP contribution in [0.1, 0.15) is 49.5 Å². The fourth-order valence-electron chi connectivity index (χ4n) is 2.86. The average molecular weight is 278 g/mol. The minimum Gasteiger partial charge on any atom is -0.477 e. The van der Waals surface area contributed by atoms with E-state index in [1.807, 2.05) is 0 Å². The highest BCUT2D eigenvalue weighted by Crippen LogP contribution is 2.22. The number of carboxylic acid groups (broad SMARTS) is 1. The molecule has 5 nitrogen and oxygen atoms in total. The predicted octanol–water partition coefficient (Wildman–Crippen LogP) is 2.27. The number of amides is 1. The molecule has 0 radical (unpaired) electrons. The van der Waals surface area contributed by atoms with E-state index in [9.17, 15) is 9.59 Å². The van der Waals surface area contributed by atoms with Crippen LogP contribution >= 0.6 is 0 Å². The van der Waals surface area contributed by atoms with Gasteiger partial charge >= 0.3 is 5.97 Å². The zero-order valence-electron chi connectivity index (χ0n) is 11.8. The highest BCUT2D eigenvalue weighted by atomic mass is 16.4. The largest absolute Gasteiger partial charge is 0.477 e. The number of aromatic carboxylic acids is 1. The van der Waals surface area contributed by atoms with Crippen LogP contribution in [-0.2, 0) is 11.3 Å². The number of rotatable bonds is 4. The van der Waals surface area contributed by atoms with Gasteiger partial charge in [0.05, 0.1) is 0 Å². The number of carbonyl (C=O) groups excluding carboxylic acids is 1. The van der Waals surface area contributed by atoms with Crippen LogP contribution < -0.4 is 5.32 Å². The lowest BCUT2D eigenvalue weighted by Crippen LogP contribution is -2.40. The Morgan fingerprint density at radius 3 is 2.85 bits per heavy atom. The Balaban J connectivity index is 1.94. The Kier molecular flexibility index (Phi) is 4.82. The lowest BCUT2D eigenvalue weighted by atomic mass is 9.97. The van der Waals surface area contributed by atoms with E-state index < -0.39 is 5.97 Å². The summed E-state index contributed by atoms with van der Waals surface area (Å²) in [7, 11) is 0. The fourth-order valence-corrected chi connectivity index (χ4v) is 2.86. The van der Waals surface area contributed by atoms with Gasteiger partial charge in [0.2, 0.25) is 5.91 Å². The van der Waals surface area contributed by atoms with Gasteiger partial charge < -0.3 is 15.0 Å². The monoisotopic (exact) mass is 278 g/mol. The molecule has 0 bridgehead atoms. The number of hydrogen-bond acceptors (Lipinski definition) is 2. The first-order valence-corrected chi connectivity index (χ1v) is 7.25. The number of carboxylic acids is 1. The standard InChI is InChI=1S/C15H22N2O3/c1-11-6-3-2-4-7-12(11)16-14(18)10-17-9-5-8-13(17)15(19)20/h5,8-9,11-12H,2-4,6-7,10H2,1H3,(H,16,18)(H,19,20). The maximum absolute atomic E-state index is 12.1. The third kappa shape index (κ3) is 3.62. The molecule has 1 aliphatic carbocycles. The Hall–Kier alpha value is -1.78. The van der Waals surface area contributed by atoms with Gasteiger partial charge in [-0.3, -0.25) is 4.79 Å². The van der Waals surface area contributed by atoms with Crippen molar-refractivity contribution >= 4 is 11.9 Å². The maximum Gasteiger partial charge on any atom is 0.352 e. The summed E-state index contributed by atoms with van der Waals surface area (Å²) >= 11 is 0. The number of carbonyl (C=O) groups is 2. The van der Waals surface area contributed by atoms with Gasteiger partial charge in [-0.05, 0) is 30.9 Å². The molecule has 5 heteroatoms. The molecule has 2 atom stereocenters. The van der Waals surface area contributed by atoms with Crippen molar-refractivity contribution < 1.29 is 14.7 Å². The van der Waals surface area contributed by atoms with Gasteiger partial charge in [0.1, 0.15) is 12.2 Å². The molecule has 110 valence electrons. The second-order valence-corrected chi connectivity index (χ2v) is 5.62. The molecule has 2 unspecified atom stereocenters. The van der Waals surface area contributed by atoms with E-state index in [1.165, 1.54) is 23.5 Å². The number of hydrogen-bond donors (Lipinski definition) is 2. The third-order valence-electron chi connectivity index (χ3n) is 4.07. The lowest BCUT2D eigenvalue weighted by molar-refractivity contribution is -0.122. The molecule has 2 N–H and O–H groups in total. The number of nitrogens with one attached hydrogen (secondary N) is 1. The summed E-state index contributed by atoms with van der Waals surface area (Å²) in [4.78, 5) is 23.1. The van der Waals surface area contributed by atoms with E-state index in [2.05, 4.69) is 12.2 Å². The van der Waals surface area contributed by atoms with Crippen molar-refractivity contribution in [2.45, 2.75) is 51.6 Å². The van der Waals surface area contributed by atoms with Crippen LogP contribution in [0.25, 0.3) is 0 Å². The topological polar surface area (TPSA) is 71.3 Å². The van der Waals surface area contributed by atoms with Gasteiger partial charge in [0, 0.05) is 12.2 Å².